The van der Waals surface area contributed by atoms with Gasteiger partial charge in [0, 0.05) is 45.5 Å². The Kier molecular flexibility index (Phi) is 9.09. The first kappa shape index (κ1) is 34.3. The second-order valence-corrected chi connectivity index (χ2v) is 12.8. The van der Waals surface area contributed by atoms with Gasteiger partial charge in [0.2, 0.25) is 11.3 Å². The molecule has 6 aromatic rings. The zero-order valence-electron chi connectivity index (χ0n) is 30.4. The SMILES string of the molecule is COc1ccc(C2(C3(c4ccc(OC)cc4OC)N=C(c4ccccc4)C(c4ccccc4)=N3)N=C(c3ccccc3)C(c3ccccc3)=N2)c(OC)c1. The van der Waals surface area contributed by atoms with Crippen molar-refractivity contribution in [1.82, 2.24) is 0 Å². The molecule has 8 nitrogen and oxygen atoms in total. The summed E-state index contributed by atoms with van der Waals surface area (Å²) < 4.78 is 23.8. The molecule has 0 atom stereocenters. The van der Waals surface area contributed by atoms with Crippen LogP contribution in [0.15, 0.2) is 178 Å². The lowest BCUT2D eigenvalue weighted by Crippen LogP contribution is -2.43. The highest BCUT2D eigenvalue weighted by atomic mass is 16.5. The van der Waals surface area contributed by atoms with Crippen molar-refractivity contribution >= 4 is 22.8 Å². The maximum atomic E-state index is 6.20. The van der Waals surface area contributed by atoms with E-state index in [9.17, 15) is 0 Å². The Labute approximate surface area is 314 Å². The summed E-state index contributed by atoms with van der Waals surface area (Å²) in [5.41, 5.74) is 4.39. The molecule has 266 valence electrons. The first-order valence-corrected chi connectivity index (χ1v) is 17.6. The Morgan fingerprint density at radius 3 is 0.852 bits per heavy atom. The van der Waals surface area contributed by atoms with Crippen LogP contribution in [0.3, 0.4) is 0 Å². The van der Waals surface area contributed by atoms with Crippen LogP contribution in [0.4, 0.5) is 0 Å². The summed E-state index contributed by atoms with van der Waals surface area (Å²) in [6, 6.07) is 51.8. The number of hydrogen-bond donors (Lipinski definition) is 0. The van der Waals surface area contributed by atoms with Crippen molar-refractivity contribution in [3.8, 4) is 23.0 Å². The molecule has 2 aliphatic rings. The zero-order valence-corrected chi connectivity index (χ0v) is 30.4. The summed E-state index contributed by atoms with van der Waals surface area (Å²) in [5, 5.41) is 0. The lowest BCUT2D eigenvalue weighted by atomic mass is 9.81. The summed E-state index contributed by atoms with van der Waals surface area (Å²) >= 11 is 0. The van der Waals surface area contributed by atoms with E-state index in [0.29, 0.717) is 57.0 Å². The fourth-order valence-electron chi connectivity index (χ4n) is 7.20. The summed E-state index contributed by atoms with van der Waals surface area (Å²) in [4.78, 5) is 23.1. The van der Waals surface area contributed by atoms with Gasteiger partial charge < -0.3 is 18.9 Å². The van der Waals surface area contributed by atoms with Crippen LogP contribution in [-0.4, -0.2) is 51.3 Å². The van der Waals surface area contributed by atoms with Crippen LogP contribution in [0.5, 0.6) is 23.0 Å². The van der Waals surface area contributed by atoms with Gasteiger partial charge in [-0.2, -0.15) is 0 Å². The summed E-state index contributed by atoms with van der Waals surface area (Å²) in [6.45, 7) is 0. The number of nitrogens with zero attached hydrogens (tertiary/aromatic N) is 4. The molecule has 0 radical (unpaired) electrons. The maximum absolute atomic E-state index is 6.20. The molecule has 54 heavy (non-hydrogen) atoms. The van der Waals surface area contributed by atoms with Crippen molar-refractivity contribution in [1.29, 1.82) is 0 Å². The molecule has 8 heteroatoms. The molecule has 2 aliphatic heterocycles. The lowest BCUT2D eigenvalue weighted by molar-refractivity contribution is 0.239. The molecule has 0 bridgehead atoms. The van der Waals surface area contributed by atoms with Gasteiger partial charge in [0.1, 0.15) is 23.0 Å². The van der Waals surface area contributed by atoms with Gasteiger partial charge in [0.25, 0.3) is 0 Å². The fourth-order valence-corrected chi connectivity index (χ4v) is 7.20. The smallest absolute Gasteiger partial charge is 0.230 e. The van der Waals surface area contributed by atoms with Gasteiger partial charge in [-0.3, -0.25) is 0 Å². The third kappa shape index (κ3) is 5.72. The van der Waals surface area contributed by atoms with E-state index in [1.165, 1.54) is 0 Å². The van der Waals surface area contributed by atoms with E-state index in [0.717, 1.165) is 22.3 Å². The van der Waals surface area contributed by atoms with Crippen molar-refractivity contribution in [3.05, 3.63) is 191 Å². The predicted molar refractivity (Wildman–Crippen MR) is 214 cm³/mol. The third-order valence-corrected chi connectivity index (χ3v) is 9.79. The van der Waals surface area contributed by atoms with Crippen LogP contribution >= 0.6 is 0 Å². The Hall–Kier alpha value is -6.80. The minimum atomic E-state index is -1.60. The van der Waals surface area contributed by atoms with Crippen molar-refractivity contribution < 1.29 is 18.9 Å². The first-order valence-electron chi connectivity index (χ1n) is 17.6. The molecule has 0 aromatic heterocycles. The summed E-state index contributed by atoms with van der Waals surface area (Å²) in [5.74, 6) is 2.26. The first-order chi connectivity index (χ1) is 26.5. The number of aliphatic imine (C=N–C) groups is 4. The van der Waals surface area contributed by atoms with Gasteiger partial charge >= 0.3 is 0 Å². The van der Waals surface area contributed by atoms with Gasteiger partial charge in [-0.25, -0.2) is 20.0 Å². The molecule has 0 spiro atoms. The monoisotopic (exact) mass is 710 g/mol. The quantitative estimate of drug-likeness (QED) is 0.135. The van der Waals surface area contributed by atoms with Crippen LogP contribution in [0.25, 0.3) is 0 Å². The van der Waals surface area contributed by atoms with E-state index >= 15 is 0 Å². The molecule has 0 aliphatic carbocycles. The maximum Gasteiger partial charge on any atom is 0.230 e. The van der Waals surface area contributed by atoms with E-state index < -0.39 is 11.3 Å². The molecule has 6 aromatic carbocycles. The average molecular weight is 711 g/mol. The van der Waals surface area contributed by atoms with Crippen molar-refractivity contribution in [3.63, 3.8) is 0 Å². The number of benzene rings is 6. The largest absolute Gasteiger partial charge is 0.497 e. The van der Waals surface area contributed by atoms with Gasteiger partial charge in [0.05, 0.1) is 51.3 Å². The van der Waals surface area contributed by atoms with E-state index in [-0.39, 0.29) is 0 Å². The van der Waals surface area contributed by atoms with Crippen LogP contribution in [0.1, 0.15) is 33.4 Å². The molecular formula is C46H38N4O4. The Morgan fingerprint density at radius 2 is 0.611 bits per heavy atom. The highest BCUT2D eigenvalue weighted by molar-refractivity contribution is 6.55. The zero-order chi connectivity index (χ0) is 37.1. The van der Waals surface area contributed by atoms with Gasteiger partial charge in [-0.1, -0.05) is 121 Å². The second kappa shape index (κ2) is 14.3. The molecule has 0 unspecified atom stereocenters. The van der Waals surface area contributed by atoms with Gasteiger partial charge in [0.15, 0.2) is 0 Å². The highest BCUT2D eigenvalue weighted by Gasteiger charge is 2.62. The average Bonchev–Trinajstić information content (AvgIpc) is 3.87. The topological polar surface area (TPSA) is 86.4 Å². The Balaban J connectivity index is 1.59. The summed E-state index contributed by atoms with van der Waals surface area (Å²) in [7, 11) is 6.53. The summed E-state index contributed by atoms with van der Waals surface area (Å²) in [6.07, 6.45) is 0. The normalized spacial score (nSPS) is 15.4. The second-order valence-electron chi connectivity index (χ2n) is 12.8. The van der Waals surface area contributed by atoms with Gasteiger partial charge in [-0.15, -0.1) is 0 Å². The van der Waals surface area contributed by atoms with E-state index in [1.54, 1.807) is 28.4 Å². The van der Waals surface area contributed by atoms with Crippen molar-refractivity contribution in [2.24, 2.45) is 20.0 Å². The number of methoxy groups -OCH3 is 4. The fraction of sp³-hybridized carbons (Fsp3) is 0.130. The molecule has 0 saturated heterocycles. The van der Waals surface area contributed by atoms with E-state index in [2.05, 4.69) is 0 Å². The molecule has 0 amide bonds. The van der Waals surface area contributed by atoms with E-state index in [4.69, 9.17) is 38.9 Å². The molecule has 0 N–H and O–H groups in total. The number of ether oxygens (including phenoxy) is 4. The minimum Gasteiger partial charge on any atom is -0.497 e. The van der Waals surface area contributed by atoms with Crippen LogP contribution < -0.4 is 18.9 Å². The highest BCUT2D eigenvalue weighted by Crippen LogP contribution is 2.58. The molecule has 0 saturated carbocycles. The Bertz CT molecular complexity index is 2140. The molecular weight excluding hydrogens is 673 g/mol. The minimum absolute atomic E-state index is 0.509. The van der Waals surface area contributed by atoms with E-state index in [1.807, 2.05) is 158 Å². The Morgan fingerprint density at radius 1 is 0.333 bits per heavy atom. The van der Waals surface area contributed by atoms with Crippen LogP contribution in [0.2, 0.25) is 0 Å². The molecule has 8 rings (SSSR count). The predicted octanol–water partition coefficient (Wildman–Crippen LogP) is 8.71. The number of rotatable bonds is 11. The van der Waals surface area contributed by atoms with Crippen molar-refractivity contribution in [2.45, 2.75) is 11.3 Å². The third-order valence-electron chi connectivity index (χ3n) is 9.79. The standard InChI is InChI=1S/C46H38N4O4/c1-51-35-25-27-37(39(29-35)53-3)45(47-41(31-17-9-5-10-18-31)42(48-45)32-19-11-6-12-20-32)46(38-28-26-36(52-2)30-40(38)54-4)49-43(33-21-13-7-14-22-33)44(50-46)34-23-15-8-16-24-34/h5-30H,1-4H3. The van der Waals surface area contributed by atoms with Gasteiger partial charge in [-0.05, 0) is 24.3 Å². The lowest BCUT2D eigenvalue weighted by Gasteiger charge is -2.39. The number of hydrogen-bond acceptors (Lipinski definition) is 8. The van der Waals surface area contributed by atoms with Crippen molar-refractivity contribution in [2.75, 3.05) is 28.4 Å². The van der Waals surface area contributed by atoms with Crippen LogP contribution in [0, 0.1) is 0 Å². The van der Waals surface area contributed by atoms with Crippen LogP contribution in [-0.2, 0) is 11.3 Å². The molecule has 2 heterocycles. The molecule has 0 fully saturated rings.